The number of nitrogens with one attached hydrogen (secondary N) is 1. The first kappa shape index (κ1) is 31.5. The first-order chi connectivity index (χ1) is 19.7. The molecule has 1 amide bonds. The Bertz CT molecular complexity index is 1640. The van der Waals surface area contributed by atoms with Crippen LogP contribution in [0.25, 0.3) is 0 Å². The number of anilines is 1. The second kappa shape index (κ2) is 12.4. The molecule has 2 aromatic carbocycles. The molecule has 0 aliphatic carbocycles. The van der Waals surface area contributed by atoms with Crippen LogP contribution in [0.15, 0.2) is 64.9 Å². The molecule has 0 spiro atoms. The van der Waals surface area contributed by atoms with Crippen LogP contribution in [0.3, 0.4) is 0 Å². The lowest BCUT2D eigenvalue weighted by Gasteiger charge is -2.33. The fourth-order valence-electron chi connectivity index (χ4n) is 4.68. The number of fused-ring (bicyclic) bond motifs is 1. The molecule has 3 aromatic rings. The zero-order chi connectivity index (χ0) is 30.8. The van der Waals surface area contributed by atoms with Gasteiger partial charge in [0.15, 0.2) is 5.03 Å². The molecule has 14 heteroatoms. The molecule has 0 unspecified atom stereocenters. The predicted molar refractivity (Wildman–Crippen MR) is 157 cm³/mol. The quantitative estimate of drug-likeness (QED) is 0.369. The molecule has 4 rings (SSSR count). The third-order valence-electron chi connectivity index (χ3n) is 7.29. The summed E-state index contributed by atoms with van der Waals surface area (Å²) in [6, 6.07) is 10.6. The lowest BCUT2D eigenvalue weighted by molar-refractivity contribution is -0.134. The summed E-state index contributed by atoms with van der Waals surface area (Å²) >= 11 is 0. The highest BCUT2D eigenvalue weighted by Gasteiger charge is 2.34. The molecule has 1 aliphatic heterocycles. The Labute approximate surface area is 247 Å². The zero-order valence-electron chi connectivity index (χ0n) is 24.3. The summed E-state index contributed by atoms with van der Waals surface area (Å²) in [7, 11) is -4.71. The van der Waals surface area contributed by atoms with Gasteiger partial charge in [-0.05, 0) is 44.2 Å². The molecule has 2 heterocycles. The number of benzene rings is 2. The summed E-state index contributed by atoms with van der Waals surface area (Å²) in [5.41, 5.74) is 1.59. The molecule has 0 fully saturated rings. The average Bonchev–Trinajstić information content (AvgIpc) is 3.39. The number of likely N-dealkylation sites (N-methyl/N-ethyl adjacent to an activating group) is 1. The van der Waals surface area contributed by atoms with Crippen molar-refractivity contribution in [3.8, 4) is 5.75 Å². The summed E-state index contributed by atoms with van der Waals surface area (Å²) in [5.74, 6) is -0.280. The average molecular weight is 620 g/mol. The lowest BCUT2D eigenvalue weighted by atomic mass is 10.0. The maximum absolute atomic E-state index is 13.5. The van der Waals surface area contributed by atoms with E-state index in [1.807, 2.05) is 13.8 Å². The number of carbonyl (C=O) groups excluding carboxylic acids is 1. The van der Waals surface area contributed by atoms with Gasteiger partial charge in [0.25, 0.3) is 20.0 Å². The van der Waals surface area contributed by atoms with E-state index < -0.39 is 32.2 Å². The van der Waals surface area contributed by atoms with E-state index in [1.165, 1.54) is 42.1 Å². The molecule has 0 radical (unpaired) electrons. The number of aliphatic hydroxyl groups is 1. The van der Waals surface area contributed by atoms with Crippen LogP contribution >= 0.6 is 0 Å². The van der Waals surface area contributed by atoms with E-state index >= 15 is 0 Å². The second-order valence-corrected chi connectivity index (χ2v) is 14.5. The van der Waals surface area contributed by atoms with Gasteiger partial charge in [0.05, 0.1) is 36.8 Å². The predicted octanol–water partition coefficient (Wildman–Crippen LogP) is 2.00. The van der Waals surface area contributed by atoms with Gasteiger partial charge in [-0.3, -0.25) is 9.52 Å². The Hall–Kier alpha value is -3.46. The van der Waals surface area contributed by atoms with Crippen molar-refractivity contribution in [1.82, 2.24) is 18.8 Å². The third-order valence-corrected chi connectivity index (χ3v) is 10.4. The highest BCUT2D eigenvalue weighted by molar-refractivity contribution is 7.92. The molecular formula is C28H37N5O7S2. The van der Waals surface area contributed by atoms with Gasteiger partial charge < -0.3 is 19.3 Å². The van der Waals surface area contributed by atoms with Crippen LogP contribution in [-0.4, -0.2) is 85.5 Å². The van der Waals surface area contributed by atoms with E-state index in [1.54, 1.807) is 47.7 Å². The molecule has 12 nitrogen and oxygen atoms in total. The van der Waals surface area contributed by atoms with Gasteiger partial charge in [0.1, 0.15) is 11.9 Å². The largest absolute Gasteiger partial charge is 0.488 e. The van der Waals surface area contributed by atoms with Crippen LogP contribution in [0, 0.1) is 12.8 Å². The van der Waals surface area contributed by atoms with Crippen molar-refractivity contribution in [2.75, 3.05) is 31.5 Å². The van der Waals surface area contributed by atoms with Crippen molar-refractivity contribution < 1.29 is 31.5 Å². The Morgan fingerprint density at radius 1 is 1.17 bits per heavy atom. The van der Waals surface area contributed by atoms with Crippen molar-refractivity contribution >= 4 is 31.6 Å². The molecule has 42 heavy (non-hydrogen) atoms. The normalized spacial score (nSPS) is 18.9. The number of aryl methyl sites for hydroxylation is 2. The fourth-order valence-corrected chi connectivity index (χ4v) is 6.87. The van der Waals surface area contributed by atoms with Crippen LogP contribution in [-0.2, 0) is 38.3 Å². The standard InChI is InChI=1S/C28H37N5O7S2/c1-19-6-9-24(10-7-19)41(36,37)30-23-8-11-25-22(12-23)13-28(35)33(21(3)17-34)14-20(2)26(40-25)15-32(5)42(38,39)27-16-31(4)18-29-27/h6-12,16,18,20-21,26,30,34H,13-15,17H2,1-5H3/t20-,21-,26-/m0/s1. The van der Waals surface area contributed by atoms with Gasteiger partial charge in [0, 0.05) is 44.0 Å². The molecule has 3 atom stereocenters. The second-order valence-electron chi connectivity index (χ2n) is 10.8. The van der Waals surface area contributed by atoms with Gasteiger partial charge in [-0.25, -0.2) is 21.8 Å². The Morgan fingerprint density at radius 3 is 2.48 bits per heavy atom. The first-order valence-corrected chi connectivity index (χ1v) is 16.4. The van der Waals surface area contributed by atoms with Crippen molar-refractivity contribution in [3.05, 3.63) is 66.1 Å². The number of hydrogen-bond donors (Lipinski definition) is 2. The number of carbonyl (C=O) groups is 1. The van der Waals surface area contributed by atoms with E-state index in [2.05, 4.69) is 9.71 Å². The number of imidazole rings is 1. The molecule has 2 N–H and O–H groups in total. The molecule has 228 valence electrons. The lowest BCUT2D eigenvalue weighted by Crippen LogP contribution is -2.48. The number of nitrogens with zero attached hydrogens (tertiary/aromatic N) is 4. The summed E-state index contributed by atoms with van der Waals surface area (Å²) in [5, 5.41) is 9.77. The summed E-state index contributed by atoms with van der Waals surface area (Å²) in [4.78, 5) is 19.1. The number of amides is 1. The zero-order valence-corrected chi connectivity index (χ0v) is 25.9. The van der Waals surface area contributed by atoms with E-state index in [4.69, 9.17) is 4.74 Å². The van der Waals surface area contributed by atoms with Crippen LogP contribution in [0.1, 0.15) is 25.0 Å². The van der Waals surface area contributed by atoms with Crippen LogP contribution in [0.4, 0.5) is 5.69 Å². The SMILES string of the molecule is Cc1ccc(S(=O)(=O)Nc2ccc3c(c2)CC(=O)N([C@@H](C)CO)C[C@H](C)[C@H](CN(C)S(=O)(=O)c2cn(C)cn2)O3)cc1. The van der Waals surface area contributed by atoms with Crippen LogP contribution in [0.2, 0.25) is 0 Å². The minimum atomic E-state index is -3.93. The maximum atomic E-state index is 13.5. The molecule has 1 aromatic heterocycles. The molecule has 0 bridgehead atoms. The Balaban J connectivity index is 1.68. The number of rotatable bonds is 9. The number of aromatic nitrogens is 2. The minimum Gasteiger partial charge on any atom is -0.488 e. The van der Waals surface area contributed by atoms with Crippen molar-refractivity contribution in [3.63, 3.8) is 0 Å². The maximum Gasteiger partial charge on any atom is 0.261 e. The highest BCUT2D eigenvalue weighted by Crippen LogP contribution is 2.30. The van der Waals surface area contributed by atoms with Crippen LogP contribution < -0.4 is 9.46 Å². The van der Waals surface area contributed by atoms with E-state index in [9.17, 15) is 26.7 Å². The first-order valence-electron chi connectivity index (χ1n) is 13.4. The number of sulfonamides is 2. The molecule has 0 saturated heterocycles. The van der Waals surface area contributed by atoms with Crippen molar-refractivity contribution in [2.24, 2.45) is 13.0 Å². The van der Waals surface area contributed by atoms with E-state index in [0.717, 1.165) is 5.56 Å². The summed E-state index contributed by atoms with van der Waals surface area (Å²) < 4.78 is 64.1. The number of aliphatic hydroxyl groups excluding tert-OH is 1. The van der Waals surface area contributed by atoms with Gasteiger partial charge in [-0.1, -0.05) is 24.6 Å². The van der Waals surface area contributed by atoms with Crippen LogP contribution in [0.5, 0.6) is 5.75 Å². The number of hydrogen-bond acceptors (Lipinski definition) is 8. The summed E-state index contributed by atoms with van der Waals surface area (Å²) in [6.07, 6.45) is 2.01. The Morgan fingerprint density at radius 2 is 1.86 bits per heavy atom. The van der Waals surface area contributed by atoms with Gasteiger partial charge >= 0.3 is 0 Å². The van der Waals surface area contributed by atoms with E-state index in [0.29, 0.717) is 11.3 Å². The molecule has 1 aliphatic rings. The Kier molecular flexibility index (Phi) is 9.30. The smallest absolute Gasteiger partial charge is 0.261 e. The minimum absolute atomic E-state index is 0.0448. The topological polar surface area (TPSA) is 151 Å². The van der Waals surface area contributed by atoms with Gasteiger partial charge in [-0.2, -0.15) is 4.31 Å². The molecular weight excluding hydrogens is 582 g/mol. The monoisotopic (exact) mass is 619 g/mol. The van der Waals surface area contributed by atoms with Gasteiger partial charge in [-0.15, -0.1) is 0 Å². The fraction of sp³-hybridized carbons (Fsp3) is 0.429. The van der Waals surface area contributed by atoms with Crippen molar-refractivity contribution in [1.29, 1.82) is 0 Å². The van der Waals surface area contributed by atoms with Crippen molar-refractivity contribution in [2.45, 2.75) is 49.3 Å². The highest BCUT2D eigenvalue weighted by atomic mass is 32.2. The van der Waals surface area contributed by atoms with E-state index in [-0.39, 0.29) is 53.6 Å². The summed E-state index contributed by atoms with van der Waals surface area (Å²) in [6.45, 7) is 5.34. The third kappa shape index (κ3) is 6.94. The van der Waals surface area contributed by atoms with Gasteiger partial charge in [0.2, 0.25) is 5.91 Å². The number of ether oxygens (including phenoxy) is 1. The molecule has 0 saturated carbocycles.